The lowest BCUT2D eigenvalue weighted by atomic mass is 10.0. The average molecular weight is 503 g/mol. The molecule has 4 aromatic rings. The number of aromatic nitrogens is 4. The zero-order valence-corrected chi connectivity index (χ0v) is 21.6. The van der Waals surface area contributed by atoms with Crippen molar-refractivity contribution in [1.82, 2.24) is 25.1 Å². The lowest BCUT2D eigenvalue weighted by Gasteiger charge is -2.23. The Kier molecular flexibility index (Phi) is 7.09. The zero-order chi connectivity index (χ0) is 25.1. The van der Waals surface area contributed by atoms with Crippen molar-refractivity contribution in [3.63, 3.8) is 0 Å². The maximum Gasteiger partial charge on any atom is 0.266 e. The Balaban J connectivity index is 1.41. The number of likely N-dealkylation sites (tertiary alicyclic amines) is 1. The van der Waals surface area contributed by atoms with E-state index in [1.165, 1.54) is 5.56 Å². The largest absolute Gasteiger partial charge is 0.419 e. The molecule has 186 valence electrons. The monoisotopic (exact) mass is 502 g/mol. The van der Waals surface area contributed by atoms with Gasteiger partial charge >= 0.3 is 0 Å². The van der Waals surface area contributed by atoms with Crippen molar-refractivity contribution in [3.8, 4) is 11.6 Å². The molecule has 1 amide bonds. The maximum absolute atomic E-state index is 13.7. The first kappa shape index (κ1) is 24.1. The molecule has 0 saturated carbocycles. The first-order valence-electron chi connectivity index (χ1n) is 12.4. The summed E-state index contributed by atoms with van der Waals surface area (Å²) in [5.74, 6) is 1.49. The van der Waals surface area contributed by atoms with Crippen LogP contribution in [0.4, 0.5) is 5.82 Å². The molecule has 0 bridgehead atoms. The van der Waals surface area contributed by atoms with E-state index in [4.69, 9.17) is 4.42 Å². The van der Waals surface area contributed by atoms with E-state index < -0.39 is 0 Å². The highest BCUT2D eigenvalue weighted by Gasteiger charge is 2.33. The number of benzene rings is 1. The fraction of sp³-hybridized carbons (Fsp3) is 0.370. The van der Waals surface area contributed by atoms with E-state index >= 15 is 0 Å². The van der Waals surface area contributed by atoms with E-state index in [2.05, 4.69) is 44.5 Å². The number of nitrogens with one attached hydrogen (secondary N) is 1. The van der Waals surface area contributed by atoms with Crippen molar-refractivity contribution in [1.29, 1.82) is 0 Å². The number of thiazole rings is 1. The van der Waals surface area contributed by atoms with Gasteiger partial charge in [-0.05, 0) is 50.8 Å². The van der Waals surface area contributed by atoms with Gasteiger partial charge in [0.05, 0.1) is 6.04 Å². The van der Waals surface area contributed by atoms with Crippen LogP contribution in [0.2, 0.25) is 0 Å². The van der Waals surface area contributed by atoms with E-state index in [-0.39, 0.29) is 17.9 Å². The van der Waals surface area contributed by atoms with Crippen LogP contribution in [-0.4, -0.2) is 44.1 Å². The van der Waals surface area contributed by atoms with Crippen LogP contribution in [-0.2, 0) is 6.42 Å². The van der Waals surface area contributed by atoms with Crippen LogP contribution in [0.3, 0.4) is 0 Å². The van der Waals surface area contributed by atoms with Gasteiger partial charge in [-0.15, -0.1) is 21.5 Å². The molecule has 4 heterocycles. The van der Waals surface area contributed by atoms with Crippen molar-refractivity contribution < 1.29 is 9.21 Å². The third-order valence-corrected chi connectivity index (χ3v) is 7.40. The van der Waals surface area contributed by atoms with E-state index in [9.17, 15) is 4.79 Å². The molecule has 1 aliphatic heterocycles. The van der Waals surface area contributed by atoms with Gasteiger partial charge in [0.2, 0.25) is 5.89 Å². The van der Waals surface area contributed by atoms with Gasteiger partial charge in [0.15, 0.2) is 0 Å². The minimum atomic E-state index is -0.0367. The molecule has 3 aromatic heterocycles. The smallest absolute Gasteiger partial charge is 0.266 e. The van der Waals surface area contributed by atoms with Gasteiger partial charge in [-0.1, -0.05) is 37.3 Å². The molecule has 0 spiro atoms. The summed E-state index contributed by atoms with van der Waals surface area (Å²) in [6, 6.07) is 13.8. The first-order chi connectivity index (χ1) is 17.5. The molecule has 36 heavy (non-hydrogen) atoms. The van der Waals surface area contributed by atoms with E-state index in [0.717, 1.165) is 30.0 Å². The Morgan fingerprint density at radius 1 is 1.22 bits per heavy atom. The highest BCUT2D eigenvalue weighted by molar-refractivity contribution is 7.09. The number of pyridine rings is 1. The summed E-state index contributed by atoms with van der Waals surface area (Å²) in [4.78, 5) is 24.9. The van der Waals surface area contributed by atoms with Gasteiger partial charge in [0, 0.05) is 35.6 Å². The summed E-state index contributed by atoms with van der Waals surface area (Å²) in [5, 5.41) is 14.8. The lowest BCUT2D eigenvalue weighted by Crippen LogP contribution is -2.30. The van der Waals surface area contributed by atoms with Crippen LogP contribution in [0.15, 0.2) is 52.3 Å². The molecule has 2 atom stereocenters. The summed E-state index contributed by atoms with van der Waals surface area (Å²) in [6.07, 6.45) is 2.67. The molecule has 0 aliphatic carbocycles. The molecule has 1 aromatic carbocycles. The molecule has 1 saturated heterocycles. The van der Waals surface area contributed by atoms with Crippen molar-refractivity contribution >= 4 is 23.1 Å². The Hall–Kier alpha value is -3.59. The molecule has 1 fully saturated rings. The van der Waals surface area contributed by atoms with Gasteiger partial charge < -0.3 is 14.6 Å². The Morgan fingerprint density at radius 3 is 2.81 bits per heavy atom. The molecular weight excluding hydrogens is 472 g/mol. The molecule has 0 unspecified atom stereocenters. The Labute approximate surface area is 214 Å². The first-order valence-corrected chi connectivity index (χ1v) is 13.3. The Morgan fingerprint density at radius 2 is 2.06 bits per heavy atom. The predicted octanol–water partition coefficient (Wildman–Crippen LogP) is 5.65. The average Bonchev–Trinajstić information content (AvgIpc) is 3.65. The van der Waals surface area contributed by atoms with Crippen LogP contribution < -0.4 is 5.32 Å². The second-order valence-corrected chi connectivity index (χ2v) is 10.1. The van der Waals surface area contributed by atoms with Crippen LogP contribution in [0.5, 0.6) is 0 Å². The summed E-state index contributed by atoms with van der Waals surface area (Å²) < 4.78 is 6.04. The second kappa shape index (κ2) is 10.6. The van der Waals surface area contributed by atoms with Crippen LogP contribution in [0.1, 0.15) is 71.2 Å². The number of rotatable bonds is 8. The van der Waals surface area contributed by atoms with Crippen LogP contribution in [0.25, 0.3) is 11.6 Å². The number of nitrogens with zero attached hydrogens (tertiary/aromatic N) is 5. The van der Waals surface area contributed by atoms with Gasteiger partial charge in [0.25, 0.3) is 11.8 Å². The normalized spacial score (nSPS) is 16.3. The van der Waals surface area contributed by atoms with Crippen LogP contribution >= 0.6 is 11.3 Å². The summed E-state index contributed by atoms with van der Waals surface area (Å²) in [7, 11) is 0. The number of anilines is 1. The van der Waals surface area contributed by atoms with Crippen molar-refractivity contribution in [2.45, 2.75) is 52.0 Å². The van der Waals surface area contributed by atoms with Gasteiger partial charge in [-0.3, -0.25) is 4.79 Å². The second-order valence-electron chi connectivity index (χ2n) is 9.18. The highest BCUT2D eigenvalue weighted by Crippen LogP contribution is 2.35. The van der Waals surface area contributed by atoms with Crippen molar-refractivity contribution in [3.05, 3.63) is 75.6 Å². The molecule has 9 heteroatoms. The van der Waals surface area contributed by atoms with E-state index in [0.29, 0.717) is 41.9 Å². The van der Waals surface area contributed by atoms with Crippen LogP contribution in [0, 0.1) is 6.92 Å². The van der Waals surface area contributed by atoms with Crippen molar-refractivity contribution in [2.75, 3.05) is 18.4 Å². The summed E-state index contributed by atoms with van der Waals surface area (Å²) >= 11 is 1.62. The zero-order valence-electron chi connectivity index (χ0n) is 20.8. The maximum atomic E-state index is 13.7. The number of carbonyl (C=O) groups excluding carboxylic acids is 1. The predicted molar refractivity (Wildman–Crippen MR) is 140 cm³/mol. The van der Waals surface area contributed by atoms with Gasteiger partial charge in [-0.25, -0.2) is 9.97 Å². The molecule has 1 aliphatic rings. The molecule has 0 radical (unpaired) electrons. The van der Waals surface area contributed by atoms with E-state index in [1.807, 2.05) is 42.3 Å². The quantitative estimate of drug-likeness (QED) is 0.332. The minimum absolute atomic E-state index is 0.00393. The van der Waals surface area contributed by atoms with Crippen molar-refractivity contribution in [2.24, 2.45) is 0 Å². The molecule has 5 rings (SSSR count). The minimum Gasteiger partial charge on any atom is -0.419 e. The lowest BCUT2D eigenvalue weighted by molar-refractivity contribution is 0.0735. The van der Waals surface area contributed by atoms with Gasteiger partial charge in [0.1, 0.15) is 16.5 Å². The Bertz CT molecular complexity index is 1340. The SMILES string of the molecule is CCNc1cc(C(=O)N2CCC[C@@H]2c2nc(C)cs2)cc(-c2nnc([C@@H](C)Cc3ccccc3)o2)n1. The summed E-state index contributed by atoms with van der Waals surface area (Å²) in [6.45, 7) is 7.43. The van der Waals surface area contributed by atoms with Gasteiger partial charge in [-0.2, -0.15) is 0 Å². The molecule has 1 N–H and O–H groups in total. The number of hydrogen-bond donors (Lipinski definition) is 1. The third kappa shape index (κ3) is 5.16. The number of hydrogen-bond acceptors (Lipinski definition) is 8. The number of amides is 1. The third-order valence-electron chi connectivity index (χ3n) is 6.33. The van der Waals surface area contributed by atoms with E-state index in [1.54, 1.807) is 23.5 Å². The molecular formula is C27H30N6O2S. The topological polar surface area (TPSA) is 97.0 Å². The number of carbonyl (C=O) groups is 1. The summed E-state index contributed by atoms with van der Waals surface area (Å²) in [5.41, 5.74) is 3.24. The highest BCUT2D eigenvalue weighted by atomic mass is 32.1. The number of aryl methyl sites for hydroxylation is 1. The fourth-order valence-corrected chi connectivity index (χ4v) is 5.53. The molecule has 8 nitrogen and oxygen atoms in total. The fourth-order valence-electron chi connectivity index (χ4n) is 4.59. The standard InChI is InChI=1S/C27H30N6O2S/c1-4-28-23-15-20(27(34)33-12-8-11-22(33)26-29-18(3)16-36-26)14-21(30-23)25-32-31-24(35-25)17(2)13-19-9-6-5-7-10-19/h5-7,9-10,14-17,22H,4,8,11-13H2,1-3H3,(H,28,30)/t17-,22+/m0/s1.